The Morgan fingerprint density at radius 3 is 2.62 bits per heavy atom. The third-order valence-electron chi connectivity index (χ3n) is 3.77. The molecule has 2 aliphatic heterocycles. The summed E-state index contributed by atoms with van der Waals surface area (Å²) in [5, 5.41) is -0.469. The molecule has 0 unspecified atom stereocenters. The average molecular weight is 494 g/mol. The topological polar surface area (TPSA) is 49.9 Å². The molecule has 0 radical (unpaired) electrons. The molecule has 0 N–H and O–H groups in total. The van der Waals surface area contributed by atoms with Crippen LogP contribution in [0.25, 0.3) is 0 Å². The van der Waals surface area contributed by atoms with Crippen LogP contribution < -0.4 is 4.90 Å². The van der Waals surface area contributed by atoms with E-state index < -0.39 is 5.25 Å². The Morgan fingerprint density at radius 1 is 1.25 bits per heavy atom. The van der Waals surface area contributed by atoms with Gasteiger partial charge in [0, 0.05) is 28.5 Å². The highest BCUT2D eigenvalue weighted by Crippen LogP contribution is 2.36. The van der Waals surface area contributed by atoms with Crippen molar-refractivity contribution in [2.24, 2.45) is 0 Å². The molecule has 1 atom stereocenters. The smallest absolute Gasteiger partial charge is 0.247 e. The van der Waals surface area contributed by atoms with Crippen LogP contribution >= 0.6 is 55.8 Å². The fourth-order valence-electron chi connectivity index (χ4n) is 2.55. The number of amides is 2. The number of imide groups is 1. The van der Waals surface area contributed by atoms with Gasteiger partial charge in [0.1, 0.15) is 9.57 Å². The Morgan fingerprint density at radius 2 is 1.96 bits per heavy atom. The fraction of sp³-hybridized carbons (Fsp3) is 0.400. The molecule has 0 aromatic heterocycles. The normalized spacial score (nSPS) is 21.5. The van der Waals surface area contributed by atoms with Crippen LogP contribution in [0.2, 0.25) is 0 Å². The molecule has 2 heterocycles. The van der Waals surface area contributed by atoms with Gasteiger partial charge in [-0.15, -0.1) is 0 Å². The van der Waals surface area contributed by atoms with Gasteiger partial charge in [0.15, 0.2) is 0 Å². The van der Waals surface area contributed by atoms with E-state index in [9.17, 15) is 9.59 Å². The quantitative estimate of drug-likeness (QED) is 0.465. The Kier molecular flexibility index (Phi) is 5.97. The number of halogens is 2. The van der Waals surface area contributed by atoms with E-state index in [2.05, 4.69) is 31.9 Å². The van der Waals surface area contributed by atoms with Crippen LogP contribution in [0.15, 0.2) is 27.1 Å². The Bertz CT molecular complexity index is 695. The summed E-state index contributed by atoms with van der Waals surface area (Å²) in [7, 11) is 0. The standard InChI is InChI=1S/C15H14Br2N2O3S2/c16-9-1-2-11(10(17)7-9)19-13(20)8-12(14(19)21)24-15(23)18-3-5-22-6-4-18/h1-2,7,12H,3-6,8H2/t12-/m1/s1. The second-order valence-electron chi connectivity index (χ2n) is 5.34. The van der Waals surface area contributed by atoms with Gasteiger partial charge in [0.2, 0.25) is 11.8 Å². The number of nitrogens with zero attached hydrogens (tertiary/aromatic N) is 2. The highest BCUT2D eigenvalue weighted by atomic mass is 79.9. The second-order valence-corrected chi connectivity index (χ2v) is 8.95. The summed E-state index contributed by atoms with van der Waals surface area (Å²) in [5.41, 5.74) is 0.564. The van der Waals surface area contributed by atoms with E-state index in [4.69, 9.17) is 17.0 Å². The summed E-state index contributed by atoms with van der Waals surface area (Å²) < 4.78 is 7.53. The maximum atomic E-state index is 12.7. The number of thiocarbonyl (C=S) groups is 1. The van der Waals surface area contributed by atoms with Crippen molar-refractivity contribution in [1.29, 1.82) is 0 Å². The lowest BCUT2D eigenvalue weighted by molar-refractivity contribution is -0.121. The van der Waals surface area contributed by atoms with E-state index in [1.54, 1.807) is 12.1 Å². The van der Waals surface area contributed by atoms with Crippen LogP contribution in [-0.2, 0) is 14.3 Å². The van der Waals surface area contributed by atoms with Crippen molar-refractivity contribution >= 4 is 77.7 Å². The number of rotatable bonds is 2. The minimum Gasteiger partial charge on any atom is -0.378 e. The van der Waals surface area contributed by atoms with Crippen molar-refractivity contribution in [3.63, 3.8) is 0 Å². The molecule has 1 aromatic rings. The summed E-state index contributed by atoms with van der Waals surface area (Å²) in [5.74, 6) is -0.422. The first-order chi connectivity index (χ1) is 11.5. The Balaban J connectivity index is 1.73. The molecule has 2 saturated heterocycles. The second kappa shape index (κ2) is 7.82. The molecular formula is C15H14Br2N2O3S2. The number of hydrogen-bond acceptors (Lipinski definition) is 5. The summed E-state index contributed by atoms with van der Waals surface area (Å²) in [4.78, 5) is 28.4. The largest absolute Gasteiger partial charge is 0.378 e. The Labute approximate surface area is 166 Å². The first-order valence-electron chi connectivity index (χ1n) is 7.32. The maximum Gasteiger partial charge on any atom is 0.247 e. The SMILES string of the molecule is O=C1C[C@@H](SC(=S)N2CCOCC2)C(=O)N1c1ccc(Br)cc1Br. The minimum atomic E-state index is -0.469. The van der Waals surface area contributed by atoms with Crippen LogP contribution in [0.3, 0.4) is 0 Å². The lowest BCUT2D eigenvalue weighted by Crippen LogP contribution is -2.39. The zero-order valence-electron chi connectivity index (χ0n) is 12.5. The predicted octanol–water partition coefficient (Wildman–Crippen LogP) is 3.19. The van der Waals surface area contributed by atoms with Crippen molar-refractivity contribution in [1.82, 2.24) is 4.90 Å². The highest BCUT2D eigenvalue weighted by molar-refractivity contribution is 9.11. The van der Waals surface area contributed by atoms with Crippen LogP contribution in [0.5, 0.6) is 0 Å². The third kappa shape index (κ3) is 3.85. The van der Waals surface area contributed by atoms with Gasteiger partial charge >= 0.3 is 0 Å². The molecule has 9 heteroatoms. The van der Waals surface area contributed by atoms with E-state index in [0.717, 1.165) is 17.6 Å². The van der Waals surface area contributed by atoms with Gasteiger partial charge in [-0.25, -0.2) is 4.90 Å². The molecule has 0 bridgehead atoms. The number of ether oxygens (including phenoxy) is 1. The first-order valence-corrected chi connectivity index (χ1v) is 10.2. The zero-order valence-corrected chi connectivity index (χ0v) is 17.3. The van der Waals surface area contributed by atoms with Gasteiger partial charge < -0.3 is 9.64 Å². The zero-order chi connectivity index (χ0) is 17.3. The van der Waals surface area contributed by atoms with E-state index >= 15 is 0 Å². The molecule has 2 fully saturated rings. The Hall–Kier alpha value is -0.480. The molecule has 24 heavy (non-hydrogen) atoms. The molecular weight excluding hydrogens is 480 g/mol. The highest BCUT2D eigenvalue weighted by Gasteiger charge is 2.41. The van der Waals surface area contributed by atoms with Crippen molar-refractivity contribution in [2.45, 2.75) is 11.7 Å². The predicted molar refractivity (Wildman–Crippen MR) is 105 cm³/mol. The number of carbonyl (C=O) groups excluding carboxylic acids is 2. The summed E-state index contributed by atoms with van der Waals surface area (Å²) >= 11 is 13.5. The van der Waals surface area contributed by atoms with Crippen LogP contribution in [-0.4, -0.2) is 52.6 Å². The van der Waals surface area contributed by atoms with Crippen molar-refractivity contribution in [3.05, 3.63) is 27.1 Å². The number of morpholine rings is 1. The third-order valence-corrected chi connectivity index (χ3v) is 6.56. The van der Waals surface area contributed by atoms with Crippen molar-refractivity contribution in [2.75, 3.05) is 31.2 Å². The van der Waals surface area contributed by atoms with E-state index in [0.29, 0.717) is 27.7 Å². The van der Waals surface area contributed by atoms with Gasteiger partial charge in [-0.1, -0.05) is 39.9 Å². The lowest BCUT2D eigenvalue weighted by atomic mass is 10.3. The number of anilines is 1. The molecule has 128 valence electrons. The molecule has 5 nitrogen and oxygen atoms in total. The molecule has 2 aliphatic rings. The molecule has 0 saturated carbocycles. The van der Waals surface area contributed by atoms with Crippen molar-refractivity contribution < 1.29 is 14.3 Å². The van der Waals surface area contributed by atoms with Crippen LogP contribution in [0.1, 0.15) is 6.42 Å². The number of carbonyl (C=O) groups is 2. The lowest BCUT2D eigenvalue weighted by Gasteiger charge is -2.29. The number of benzene rings is 1. The maximum absolute atomic E-state index is 12.7. The summed E-state index contributed by atoms with van der Waals surface area (Å²) in [6.45, 7) is 2.72. The van der Waals surface area contributed by atoms with E-state index in [-0.39, 0.29) is 18.2 Å². The first kappa shape index (κ1) is 18.3. The molecule has 0 spiro atoms. The van der Waals surface area contributed by atoms with Crippen LogP contribution in [0, 0.1) is 0 Å². The monoisotopic (exact) mass is 492 g/mol. The molecule has 2 amide bonds. The fourth-order valence-corrected chi connectivity index (χ4v) is 5.32. The number of hydrogen-bond donors (Lipinski definition) is 0. The molecule has 3 rings (SSSR count). The van der Waals surface area contributed by atoms with Gasteiger partial charge in [0.25, 0.3) is 0 Å². The van der Waals surface area contributed by atoms with Gasteiger partial charge in [-0.05, 0) is 34.1 Å². The molecule has 0 aliphatic carbocycles. The van der Waals surface area contributed by atoms with E-state index in [1.165, 1.54) is 16.7 Å². The van der Waals surface area contributed by atoms with Crippen molar-refractivity contribution in [3.8, 4) is 0 Å². The van der Waals surface area contributed by atoms with Gasteiger partial charge in [-0.2, -0.15) is 0 Å². The minimum absolute atomic E-state index is 0.163. The van der Waals surface area contributed by atoms with Crippen LogP contribution in [0.4, 0.5) is 5.69 Å². The summed E-state index contributed by atoms with van der Waals surface area (Å²) in [6, 6.07) is 5.37. The average Bonchev–Trinajstić information content (AvgIpc) is 2.83. The van der Waals surface area contributed by atoms with Gasteiger partial charge in [-0.3, -0.25) is 9.59 Å². The van der Waals surface area contributed by atoms with Gasteiger partial charge in [0.05, 0.1) is 18.9 Å². The summed E-state index contributed by atoms with van der Waals surface area (Å²) in [6.07, 6.45) is 0.163. The number of thioether (sulfide) groups is 1. The van der Waals surface area contributed by atoms with E-state index in [1.807, 2.05) is 11.0 Å². The molecule has 1 aromatic carbocycles.